The van der Waals surface area contributed by atoms with E-state index in [1.165, 1.54) is 5.69 Å². The van der Waals surface area contributed by atoms with Crippen LogP contribution in [0.15, 0.2) is 36.7 Å². The quantitative estimate of drug-likeness (QED) is 0.850. The largest absolute Gasteiger partial charge is 0.481 e. The molecule has 0 aliphatic rings. The van der Waals surface area contributed by atoms with Crippen molar-refractivity contribution in [1.82, 2.24) is 14.9 Å². The number of aromatic nitrogens is 2. The van der Waals surface area contributed by atoms with Gasteiger partial charge in [0.15, 0.2) is 0 Å². The molecular formula is C13H17N3O. The van der Waals surface area contributed by atoms with Gasteiger partial charge in [-0.25, -0.2) is 4.98 Å². The molecule has 2 rings (SSSR count). The number of nitrogens with one attached hydrogen (secondary N) is 1. The number of nitrogens with zero attached hydrogens (tertiary/aromatic N) is 2. The second kappa shape index (κ2) is 5.50. The Labute approximate surface area is 101 Å². The van der Waals surface area contributed by atoms with Crippen LogP contribution in [0.3, 0.4) is 0 Å². The number of methoxy groups -OCH3 is 1. The van der Waals surface area contributed by atoms with Gasteiger partial charge in [0.1, 0.15) is 0 Å². The lowest BCUT2D eigenvalue weighted by molar-refractivity contribution is 0.391. The topological polar surface area (TPSA) is 39.1 Å². The number of hydrogen-bond donors (Lipinski definition) is 1. The summed E-state index contributed by atoms with van der Waals surface area (Å²) in [7, 11) is 3.60. The fraction of sp³-hybridized carbons (Fsp3) is 0.308. The Bertz CT molecular complexity index is 479. The predicted molar refractivity (Wildman–Crippen MR) is 67.1 cm³/mol. The van der Waals surface area contributed by atoms with E-state index >= 15 is 0 Å². The highest BCUT2D eigenvalue weighted by Crippen LogP contribution is 2.16. The van der Waals surface area contributed by atoms with Gasteiger partial charge in [-0.05, 0) is 25.2 Å². The summed E-state index contributed by atoms with van der Waals surface area (Å²) in [6, 6.07) is 8.13. The third-order valence-corrected chi connectivity index (χ3v) is 2.67. The summed E-state index contributed by atoms with van der Waals surface area (Å²) in [6.45, 7) is 1.64. The van der Waals surface area contributed by atoms with Gasteiger partial charge < -0.3 is 14.6 Å². The first-order chi connectivity index (χ1) is 8.35. The third-order valence-electron chi connectivity index (χ3n) is 2.67. The Morgan fingerprint density at radius 2 is 2.24 bits per heavy atom. The van der Waals surface area contributed by atoms with Crippen LogP contribution >= 0.6 is 0 Å². The minimum absolute atomic E-state index is 0.691. The van der Waals surface area contributed by atoms with E-state index in [1.807, 2.05) is 19.2 Å². The smallest absolute Gasteiger partial charge is 0.218 e. The van der Waals surface area contributed by atoms with Crippen molar-refractivity contribution in [3.8, 4) is 5.88 Å². The van der Waals surface area contributed by atoms with E-state index in [2.05, 4.69) is 33.2 Å². The van der Waals surface area contributed by atoms with Crippen molar-refractivity contribution in [2.24, 2.45) is 0 Å². The van der Waals surface area contributed by atoms with E-state index < -0.39 is 0 Å². The summed E-state index contributed by atoms with van der Waals surface area (Å²) in [5, 5.41) is 3.16. The Morgan fingerprint density at radius 3 is 3.00 bits per heavy atom. The Hall–Kier alpha value is -1.81. The van der Waals surface area contributed by atoms with E-state index in [0.29, 0.717) is 5.88 Å². The summed E-state index contributed by atoms with van der Waals surface area (Å²) in [5.74, 6) is 0.691. The lowest BCUT2D eigenvalue weighted by Crippen LogP contribution is -2.12. The number of hydrogen-bond acceptors (Lipinski definition) is 3. The zero-order chi connectivity index (χ0) is 12.1. The van der Waals surface area contributed by atoms with Crippen molar-refractivity contribution in [3.63, 3.8) is 0 Å². The molecule has 2 aromatic heterocycles. The van der Waals surface area contributed by atoms with Crippen molar-refractivity contribution in [2.75, 3.05) is 14.2 Å². The standard InChI is InChI=1S/C13H17N3O/c1-14-9-12-6-4-8-16(12)10-11-5-3-7-15-13(11)17-2/h3-8,14H,9-10H2,1-2H3. The van der Waals surface area contributed by atoms with Gasteiger partial charge in [0.05, 0.1) is 13.7 Å². The molecule has 0 aromatic carbocycles. The van der Waals surface area contributed by atoms with E-state index in [9.17, 15) is 0 Å². The van der Waals surface area contributed by atoms with Crippen LogP contribution in [0.25, 0.3) is 0 Å². The second-order valence-electron chi connectivity index (χ2n) is 3.83. The SMILES string of the molecule is CNCc1cccn1Cc1cccnc1OC. The number of rotatable bonds is 5. The summed E-state index contributed by atoms with van der Waals surface area (Å²) < 4.78 is 7.44. The molecule has 0 spiro atoms. The average Bonchev–Trinajstić information content (AvgIpc) is 2.78. The Balaban J connectivity index is 2.22. The first-order valence-electron chi connectivity index (χ1n) is 5.61. The average molecular weight is 231 g/mol. The van der Waals surface area contributed by atoms with Crippen LogP contribution in [0.1, 0.15) is 11.3 Å². The van der Waals surface area contributed by atoms with Gasteiger partial charge in [0, 0.05) is 30.2 Å². The van der Waals surface area contributed by atoms with E-state index in [4.69, 9.17) is 4.74 Å². The van der Waals surface area contributed by atoms with Crippen molar-refractivity contribution in [3.05, 3.63) is 47.9 Å². The second-order valence-corrected chi connectivity index (χ2v) is 3.83. The minimum atomic E-state index is 0.691. The molecule has 0 saturated heterocycles. The van der Waals surface area contributed by atoms with Crippen molar-refractivity contribution in [2.45, 2.75) is 13.1 Å². The van der Waals surface area contributed by atoms with Gasteiger partial charge in [-0.1, -0.05) is 6.07 Å². The molecule has 0 radical (unpaired) electrons. The highest BCUT2D eigenvalue weighted by molar-refractivity contribution is 5.26. The van der Waals surface area contributed by atoms with Gasteiger partial charge in [-0.3, -0.25) is 0 Å². The third kappa shape index (κ3) is 2.65. The zero-order valence-corrected chi connectivity index (χ0v) is 10.2. The molecule has 4 heteroatoms. The van der Waals surface area contributed by atoms with Crippen molar-refractivity contribution in [1.29, 1.82) is 0 Å². The molecule has 1 N–H and O–H groups in total. The fourth-order valence-corrected chi connectivity index (χ4v) is 1.86. The first kappa shape index (κ1) is 11.7. The summed E-state index contributed by atoms with van der Waals surface area (Å²) in [5.41, 5.74) is 2.34. The molecule has 0 fully saturated rings. The van der Waals surface area contributed by atoms with Crippen LogP contribution in [-0.4, -0.2) is 23.7 Å². The van der Waals surface area contributed by atoms with E-state index in [0.717, 1.165) is 18.7 Å². The van der Waals surface area contributed by atoms with Crippen LogP contribution in [-0.2, 0) is 13.1 Å². The first-order valence-corrected chi connectivity index (χ1v) is 5.61. The maximum atomic E-state index is 5.25. The van der Waals surface area contributed by atoms with E-state index in [1.54, 1.807) is 13.3 Å². The molecule has 2 aromatic rings. The molecule has 0 bridgehead atoms. The highest BCUT2D eigenvalue weighted by Gasteiger charge is 2.06. The number of ether oxygens (including phenoxy) is 1. The van der Waals surface area contributed by atoms with Crippen LogP contribution < -0.4 is 10.1 Å². The van der Waals surface area contributed by atoms with Gasteiger partial charge in [-0.2, -0.15) is 0 Å². The van der Waals surface area contributed by atoms with Gasteiger partial charge >= 0.3 is 0 Å². The van der Waals surface area contributed by atoms with Gasteiger partial charge in [-0.15, -0.1) is 0 Å². The van der Waals surface area contributed by atoms with Crippen LogP contribution in [0.5, 0.6) is 5.88 Å². The van der Waals surface area contributed by atoms with E-state index in [-0.39, 0.29) is 0 Å². The Kier molecular flexibility index (Phi) is 3.77. The molecular weight excluding hydrogens is 214 g/mol. The van der Waals surface area contributed by atoms with Crippen LogP contribution in [0.4, 0.5) is 0 Å². The summed E-state index contributed by atoms with van der Waals surface area (Å²) >= 11 is 0. The molecule has 0 aliphatic carbocycles. The highest BCUT2D eigenvalue weighted by atomic mass is 16.5. The lowest BCUT2D eigenvalue weighted by atomic mass is 10.2. The minimum Gasteiger partial charge on any atom is -0.481 e. The van der Waals surface area contributed by atoms with Crippen molar-refractivity contribution >= 4 is 0 Å². The maximum absolute atomic E-state index is 5.25. The fourth-order valence-electron chi connectivity index (χ4n) is 1.86. The molecule has 2 heterocycles. The molecule has 0 saturated carbocycles. The lowest BCUT2D eigenvalue weighted by Gasteiger charge is -2.11. The zero-order valence-electron chi connectivity index (χ0n) is 10.2. The molecule has 0 aliphatic heterocycles. The monoisotopic (exact) mass is 231 g/mol. The normalized spacial score (nSPS) is 10.5. The van der Waals surface area contributed by atoms with Gasteiger partial charge in [0.2, 0.25) is 5.88 Å². The summed E-state index contributed by atoms with van der Waals surface area (Å²) in [4.78, 5) is 4.20. The molecule has 0 amide bonds. The summed E-state index contributed by atoms with van der Waals surface area (Å²) in [6.07, 6.45) is 3.81. The molecule has 90 valence electrons. The van der Waals surface area contributed by atoms with Crippen LogP contribution in [0, 0.1) is 0 Å². The van der Waals surface area contributed by atoms with Crippen molar-refractivity contribution < 1.29 is 4.74 Å². The van der Waals surface area contributed by atoms with Crippen LogP contribution in [0.2, 0.25) is 0 Å². The Morgan fingerprint density at radius 1 is 1.35 bits per heavy atom. The molecule has 17 heavy (non-hydrogen) atoms. The number of pyridine rings is 1. The molecule has 0 atom stereocenters. The maximum Gasteiger partial charge on any atom is 0.218 e. The predicted octanol–water partition coefficient (Wildman–Crippen LogP) is 1.66. The van der Waals surface area contributed by atoms with Gasteiger partial charge in [0.25, 0.3) is 0 Å². The molecule has 4 nitrogen and oxygen atoms in total. The molecule has 0 unspecified atom stereocenters.